The fraction of sp³-hybridized carbons (Fsp3) is 0.407. The van der Waals surface area contributed by atoms with Crippen LogP contribution in [0.15, 0.2) is 35.5 Å². The standard InChI is InChI=1S/C27H23Cl2F4N3O5/c1-3-39-24(38)40-14-36(13-25(12-34)6-7-25)23(37)18-5-4-16(8-15(18)2)21-11-26(41-35-21,27(31,32)33)17-9-19(28)22(30)20(29)10-17/h4-5,8-10H,3,6-7,11,13-14H2,1-2H3/t26-/m0/s1. The number of oxime groups is 1. The molecule has 0 unspecified atom stereocenters. The number of aryl methyl sites for hydroxylation is 1. The predicted octanol–water partition coefficient (Wildman–Crippen LogP) is 6.90. The molecule has 0 spiro atoms. The average molecular weight is 616 g/mol. The summed E-state index contributed by atoms with van der Waals surface area (Å²) in [7, 11) is 0. The van der Waals surface area contributed by atoms with E-state index >= 15 is 0 Å². The molecule has 8 nitrogen and oxygen atoms in total. The minimum absolute atomic E-state index is 0.0143. The highest BCUT2D eigenvalue weighted by Crippen LogP contribution is 2.50. The maximum Gasteiger partial charge on any atom is 0.509 e. The second kappa shape index (κ2) is 11.4. The Labute approximate surface area is 242 Å². The van der Waals surface area contributed by atoms with Gasteiger partial charge in [0, 0.05) is 24.1 Å². The van der Waals surface area contributed by atoms with Crippen molar-refractivity contribution in [2.75, 3.05) is 19.9 Å². The van der Waals surface area contributed by atoms with Crippen LogP contribution in [-0.2, 0) is 19.9 Å². The minimum atomic E-state index is -4.98. The number of alkyl halides is 3. The number of halogens is 6. The summed E-state index contributed by atoms with van der Waals surface area (Å²) in [6, 6.07) is 8.04. The van der Waals surface area contributed by atoms with Crippen LogP contribution < -0.4 is 0 Å². The number of carbonyl (C=O) groups is 2. The fourth-order valence-electron chi connectivity index (χ4n) is 4.39. The Bertz CT molecular complexity index is 1430. The first kappa shape index (κ1) is 30.4. The third kappa shape index (κ3) is 6.06. The Morgan fingerprint density at radius 3 is 2.37 bits per heavy atom. The fourth-order valence-corrected chi connectivity index (χ4v) is 4.88. The number of carbonyl (C=O) groups excluding carboxylic acids is 2. The van der Waals surface area contributed by atoms with Crippen molar-refractivity contribution in [3.8, 4) is 6.07 Å². The largest absolute Gasteiger partial charge is 0.509 e. The monoisotopic (exact) mass is 615 g/mol. The normalized spacial score (nSPS) is 19.0. The van der Waals surface area contributed by atoms with Gasteiger partial charge < -0.3 is 19.2 Å². The van der Waals surface area contributed by atoms with Gasteiger partial charge in [-0.25, -0.2) is 9.18 Å². The van der Waals surface area contributed by atoms with E-state index in [0.717, 1.165) is 12.1 Å². The molecule has 1 fully saturated rings. The van der Waals surface area contributed by atoms with Crippen molar-refractivity contribution in [2.24, 2.45) is 10.6 Å². The van der Waals surface area contributed by atoms with Gasteiger partial charge in [0.1, 0.15) is 0 Å². The molecular weight excluding hydrogens is 593 g/mol. The smallest absolute Gasteiger partial charge is 0.435 e. The molecule has 1 aliphatic heterocycles. The van der Waals surface area contributed by atoms with E-state index in [9.17, 15) is 32.4 Å². The molecule has 1 amide bonds. The Balaban J connectivity index is 1.59. The quantitative estimate of drug-likeness (QED) is 0.139. The van der Waals surface area contributed by atoms with Gasteiger partial charge in [-0.05, 0) is 62.1 Å². The maximum absolute atomic E-state index is 14.3. The van der Waals surface area contributed by atoms with Gasteiger partial charge in [-0.15, -0.1) is 0 Å². The first-order chi connectivity index (χ1) is 19.3. The molecule has 14 heteroatoms. The Morgan fingerprint density at radius 1 is 1.17 bits per heavy atom. The summed E-state index contributed by atoms with van der Waals surface area (Å²) in [5.41, 5.74) is -3.51. The highest BCUT2D eigenvalue weighted by molar-refractivity contribution is 6.35. The van der Waals surface area contributed by atoms with Gasteiger partial charge in [0.15, 0.2) is 12.5 Å². The molecule has 0 bridgehead atoms. The lowest BCUT2D eigenvalue weighted by molar-refractivity contribution is -0.275. The summed E-state index contributed by atoms with van der Waals surface area (Å²) < 4.78 is 66.7. The summed E-state index contributed by atoms with van der Waals surface area (Å²) in [4.78, 5) is 31.3. The molecule has 2 aromatic rings. The molecule has 0 saturated heterocycles. The molecule has 1 atom stereocenters. The summed E-state index contributed by atoms with van der Waals surface area (Å²) in [6.45, 7) is 2.79. The van der Waals surface area contributed by atoms with E-state index in [4.69, 9.17) is 37.5 Å². The molecule has 0 radical (unpaired) electrons. The number of hydrogen-bond donors (Lipinski definition) is 0. The lowest BCUT2D eigenvalue weighted by Gasteiger charge is -2.29. The van der Waals surface area contributed by atoms with Crippen LogP contribution in [0.2, 0.25) is 10.0 Å². The van der Waals surface area contributed by atoms with Crippen molar-refractivity contribution >= 4 is 41.0 Å². The van der Waals surface area contributed by atoms with Crippen molar-refractivity contribution in [3.05, 3.63) is 68.4 Å². The lowest BCUT2D eigenvalue weighted by Crippen LogP contribution is -2.42. The van der Waals surface area contributed by atoms with Gasteiger partial charge in [0.05, 0.1) is 33.8 Å². The van der Waals surface area contributed by atoms with Crippen LogP contribution in [-0.4, -0.2) is 48.7 Å². The lowest BCUT2D eigenvalue weighted by atomic mass is 9.86. The van der Waals surface area contributed by atoms with E-state index < -0.39 is 63.8 Å². The van der Waals surface area contributed by atoms with Crippen LogP contribution >= 0.6 is 23.2 Å². The SMILES string of the molecule is CCOC(=O)OCN(CC1(C#N)CC1)C(=O)c1ccc(C2=NO[C@@](c3cc(Cl)c(F)c(Cl)c3)(C(F)(F)F)C2)cc1C. The van der Waals surface area contributed by atoms with E-state index in [0.29, 0.717) is 18.4 Å². The summed E-state index contributed by atoms with van der Waals surface area (Å²) in [5.74, 6) is -1.61. The van der Waals surface area contributed by atoms with Crippen molar-refractivity contribution < 1.29 is 41.5 Å². The van der Waals surface area contributed by atoms with Gasteiger partial charge >= 0.3 is 12.3 Å². The van der Waals surface area contributed by atoms with Crippen LogP contribution in [0, 0.1) is 29.5 Å². The highest BCUT2D eigenvalue weighted by atomic mass is 35.5. The number of ether oxygens (including phenoxy) is 2. The first-order valence-corrected chi connectivity index (χ1v) is 13.1. The first-order valence-electron chi connectivity index (χ1n) is 12.3. The van der Waals surface area contributed by atoms with Gasteiger partial charge in [0.2, 0.25) is 0 Å². The summed E-state index contributed by atoms with van der Waals surface area (Å²) in [5, 5.41) is 12.0. The Morgan fingerprint density at radius 2 is 1.83 bits per heavy atom. The molecule has 4 rings (SSSR count). The van der Waals surface area contributed by atoms with Crippen LogP contribution in [0.1, 0.15) is 53.2 Å². The second-order valence-electron chi connectivity index (χ2n) is 9.77. The highest BCUT2D eigenvalue weighted by Gasteiger charge is 2.62. The predicted molar refractivity (Wildman–Crippen MR) is 139 cm³/mol. The van der Waals surface area contributed by atoms with Crippen molar-refractivity contribution in [1.29, 1.82) is 5.26 Å². The third-order valence-corrected chi connectivity index (χ3v) is 7.45. The number of amides is 1. The van der Waals surface area contributed by atoms with Gasteiger partial charge in [-0.1, -0.05) is 34.4 Å². The number of rotatable bonds is 8. The summed E-state index contributed by atoms with van der Waals surface area (Å²) in [6.07, 6.45) is -5.57. The van der Waals surface area contributed by atoms with Gasteiger partial charge in [0.25, 0.3) is 11.5 Å². The molecular formula is C27H23Cl2F4N3O5. The number of benzene rings is 2. The topological polar surface area (TPSA) is 101 Å². The molecule has 2 aromatic carbocycles. The molecule has 1 aliphatic carbocycles. The minimum Gasteiger partial charge on any atom is -0.435 e. The molecule has 0 aromatic heterocycles. The zero-order valence-corrected chi connectivity index (χ0v) is 23.3. The van der Waals surface area contributed by atoms with Crippen molar-refractivity contribution in [2.45, 2.75) is 44.9 Å². The van der Waals surface area contributed by atoms with E-state index in [1.807, 2.05) is 0 Å². The van der Waals surface area contributed by atoms with Crippen LogP contribution in [0.5, 0.6) is 0 Å². The zero-order chi connectivity index (χ0) is 30.2. The van der Waals surface area contributed by atoms with E-state index in [1.165, 1.54) is 23.1 Å². The molecule has 41 heavy (non-hydrogen) atoms. The average Bonchev–Trinajstić information content (AvgIpc) is 3.53. The second-order valence-corrected chi connectivity index (χ2v) is 10.6. The van der Waals surface area contributed by atoms with E-state index in [2.05, 4.69) is 11.2 Å². The molecule has 1 saturated carbocycles. The summed E-state index contributed by atoms with van der Waals surface area (Å²) >= 11 is 11.5. The third-order valence-electron chi connectivity index (χ3n) is 6.90. The molecule has 2 aliphatic rings. The maximum atomic E-state index is 14.3. The van der Waals surface area contributed by atoms with Crippen LogP contribution in [0.4, 0.5) is 22.4 Å². The van der Waals surface area contributed by atoms with Gasteiger partial charge in [-0.2, -0.15) is 18.4 Å². The van der Waals surface area contributed by atoms with Gasteiger partial charge in [-0.3, -0.25) is 4.79 Å². The van der Waals surface area contributed by atoms with E-state index in [-0.39, 0.29) is 30.0 Å². The number of nitrogens with zero attached hydrogens (tertiary/aromatic N) is 3. The Hall–Kier alpha value is -3.56. The molecule has 0 N–H and O–H groups in total. The Kier molecular flexibility index (Phi) is 8.43. The van der Waals surface area contributed by atoms with Crippen LogP contribution in [0.3, 0.4) is 0 Å². The molecule has 1 heterocycles. The molecule has 218 valence electrons. The number of hydrogen-bond acceptors (Lipinski definition) is 7. The van der Waals surface area contributed by atoms with E-state index in [1.54, 1.807) is 13.8 Å². The van der Waals surface area contributed by atoms with Crippen molar-refractivity contribution in [3.63, 3.8) is 0 Å². The van der Waals surface area contributed by atoms with Crippen molar-refractivity contribution in [1.82, 2.24) is 4.90 Å². The van der Waals surface area contributed by atoms with Crippen LogP contribution in [0.25, 0.3) is 0 Å². The zero-order valence-electron chi connectivity index (χ0n) is 21.8. The number of nitriles is 1.